The van der Waals surface area contributed by atoms with Gasteiger partial charge in [-0.3, -0.25) is 9.78 Å². The number of likely N-dealkylation sites (tertiary alicyclic amines) is 1. The van der Waals surface area contributed by atoms with Gasteiger partial charge in [-0.1, -0.05) is 27.5 Å². The van der Waals surface area contributed by atoms with Gasteiger partial charge in [-0.05, 0) is 82.4 Å². The van der Waals surface area contributed by atoms with Crippen LogP contribution < -0.4 is 0 Å². The molecule has 2 aliphatic rings. The number of amides is 1. The van der Waals surface area contributed by atoms with E-state index in [9.17, 15) is 4.79 Å². The van der Waals surface area contributed by atoms with Gasteiger partial charge in [0.25, 0.3) is 0 Å². The van der Waals surface area contributed by atoms with E-state index in [2.05, 4.69) is 44.0 Å². The number of fused-ring (bicyclic) bond motifs is 2. The molecular weight excluding hydrogens is 479 g/mol. The number of halogens is 3. The van der Waals surface area contributed by atoms with Crippen LogP contribution in [0.25, 0.3) is 0 Å². The molecule has 1 aliphatic heterocycles. The van der Waals surface area contributed by atoms with Crippen LogP contribution in [0.2, 0.25) is 5.02 Å². The van der Waals surface area contributed by atoms with Crippen molar-refractivity contribution >= 4 is 49.8 Å². The van der Waals surface area contributed by atoms with Crippen LogP contribution in [0.15, 0.2) is 33.3 Å². The summed E-state index contributed by atoms with van der Waals surface area (Å²) >= 11 is 13.7. The van der Waals surface area contributed by atoms with Crippen LogP contribution in [-0.2, 0) is 17.6 Å². The number of carbonyl (C=O) groups excluding carboxylic acids is 1. The summed E-state index contributed by atoms with van der Waals surface area (Å²) in [5.74, 6) is 0.544. The average molecular weight is 501 g/mol. The van der Waals surface area contributed by atoms with E-state index in [0.29, 0.717) is 19.0 Å². The third-order valence-corrected chi connectivity index (χ3v) is 6.87. The third-order valence-electron chi connectivity index (χ3n) is 5.56. The lowest BCUT2D eigenvalue weighted by atomic mass is 9.76. The maximum atomic E-state index is 11.4. The minimum Gasteiger partial charge on any atom is -0.345 e. The van der Waals surface area contributed by atoms with E-state index in [-0.39, 0.29) is 5.92 Å². The van der Waals surface area contributed by atoms with Crippen molar-refractivity contribution in [2.45, 2.75) is 31.6 Å². The van der Waals surface area contributed by atoms with Gasteiger partial charge in [0.15, 0.2) is 0 Å². The van der Waals surface area contributed by atoms with Crippen molar-refractivity contribution in [1.29, 1.82) is 0 Å². The topological polar surface area (TPSA) is 33.2 Å². The second kappa shape index (κ2) is 7.61. The molecule has 1 saturated heterocycles. The summed E-state index contributed by atoms with van der Waals surface area (Å²) in [6, 6.07) is 6.23. The van der Waals surface area contributed by atoms with Crippen LogP contribution in [-0.4, -0.2) is 29.4 Å². The molecule has 2 aromatic rings. The highest BCUT2D eigenvalue weighted by Crippen LogP contribution is 2.46. The van der Waals surface area contributed by atoms with Crippen molar-refractivity contribution in [1.82, 2.24) is 9.88 Å². The van der Waals surface area contributed by atoms with Crippen molar-refractivity contribution in [2.75, 3.05) is 13.1 Å². The molecule has 136 valence electrons. The molecule has 1 aliphatic carbocycles. The molecule has 0 bridgehead atoms. The molecule has 4 rings (SSSR count). The lowest BCUT2D eigenvalue weighted by molar-refractivity contribution is -0.119. The number of rotatable bonds is 1. The Balaban J connectivity index is 1.80. The van der Waals surface area contributed by atoms with Gasteiger partial charge >= 0.3 is 0 Å². The van der Waals surface area contributed by atoms with Gasteiger partial charge in [0.2, 0.25) is 6.39 Å². The number of benzene rings is 1. The normalized spacial score (nSPS) is 20.8. The summed E-state index contributed by atoms with van der Waals surface area (Å²) in [5.41, 5.74) is 4.96. The van der Waals surface area contributed by atoms with Gasteiger partial charge in [0.05, 0.1) is 5.69 Å². The van der Waals surface area contributed by atoms with Crippen molar-refractivity contribution in [3.8, 4) is 0 Å². The monoisotopic (exact) mass is 498 g/mol. The van der Waals surface area contributed by atoms with Gasteiger partial charge in [0.1, 0.15) is 1.37 Å². The predicted molar refractivity (Wildman–Crippen MR) is 111 cm³/mol. The average Bonchev–Trinajstić information content (AvgIpc) is 2.78. The molecule has 0 saturated carbocycles. The molecule has 0 N–H and O–H groups in total. The van der Waals surface area contributed by atoms with Crippen LogP contribution in [0, 0.1) is 5.92 Å². The SMILES string of the molecule is [3H]C(=O)N1CCC([C@H]2c3ncc(Br)cc3CCc3cc(Cl)cc(Br)c32)CC1. The van der Waals surface area contributed by atoms with E-state index in [4.69, 9.17) is 18.0 Å². The molecule has 3 nitrogen and oxygen atoms in total. The number of hydrogen-bond acceptors (Lipinski definition) is 2. The second-order valence-electron chi connectivity index (χ2n) is 7.05. The first kappa shape index (κ1) is 17.2. The molecule has 26 heavy (non-hydrogen) atoms. The predicted octanol–water partition coefficient (Wildman–Crippen LogP) is 5.36. The van der Waals surface area contributed by atoms with Crippen LogP contribution in [0.5, 0.6) is 0 Å². The molecule has 1 amide bonds. The maximum Gasteiger partial charge on any atom is 0.209 e. The molecule has 0 spiro atoms. The molecule has 1 aromatic carbocycles. The number of pyridine rings is 1. The standard InChI is InChI=1S/C20H19Br2ClN2O/c21-15-7-14-2-1-13-8-16(23)9-17(22)18(13)19(20(14)24-10-15)12-3-5-25(11-26)6-4-12/h7-12,19H,1-6H2/t19-/m1/s1/i11T. The molecular formula is C20H19Br2ClN2O. The summed E-state index contributed by atoms with van der Waals surface area (Å²) in [6.45, 7) is 1.27. The van der Waals surface area contributed by atoms with Gasteiger partial charge in [-0.15, -0.1) is 0 Å². The molecule has 2 heterocycles. The highest BCUT2D eigenvalue weighted by molar-refractivity contribution is 9.10. The zero-order valence-electron chi connectivity index (χ0n) is 15.1. The summed E-state index contributed by atoms with van der Waals surface area (Å²) in [4.78, 5) is 17.9. The van der Waals surface area contributed by atoms with Crippen LogP contribution in [0.3, 0.4) is 0 Å². The van der Waals surface area contributed by atoms with E-state index in [0.717, 1.165) is 45.3 Å². The summed E-state index contributed by atoms with van der Waals surface area (Å²) in [6.07, 6.45) is 4.91. The smallest absolute Gasteiger partial charge is 0.209 e. The van der Waals surface area contributed by atoms with E-state index in [1.54, 1.807) is 4.90 Å². The molecule has 0 radical (unpaired) electrons. The van der Waals surface area contributed by atoms with Crippen molar-refractivity contribution in [3.63, 3.8) is 0 Å². The number of aryl methyl sites for hydroxylation is 2. The zero-order chi connectivity index (χ0) is 19.1. The number of aromatic nitrogens is 1. The third kappa shape index (κ3) is 3.46. The maximum absolute atomic E-state index is 11.4. The highest BCUT2D eigenvalue weighted by Gasteiger charge is 2.35. The first-order chi connectivity index (χ1) is 12.9. The first-order valence-electron chi connectivity index (χ1n) is 9.31. The van der Waals surface area contributed by atoms with E-state index in [1.807, 2.05) is 12.3 Å². The fourth-order valence-corrected chi connectivity index (χ4v) is 5.85. The largest absolute Gasteiger partial charge is 0.345 e. The van der Waals surface area contributed by atoms with E-state index in [1.165, 1.54) is 16.7 Å². The minimum absolute atomic E-state index is 0.167. The fourth-order valence-electron chi connectivity index (χ4n) is 4.35. The van der Waals surface area contributed by atoms with Crippen molar-refractivity contribution in [2.24, 2.45) is 5.92 Å². The fraction of sp³-hybridized carbons (Fsp3) is 0.400. The van der Waals surface area contributed by atoms with Gasteiger partial charge in [0, 0.05) is 39.2 Å². The number of nitrogens with zero attached hydrogens (tertiary/aromatic N) is 2. The number of piperidine rings is 1. The van der Waals surface area contributed by atoms with Crippen LogP contribution in [0.1, 0.15) is 42.5 Å². The van der Waals surface area contributed by atoms with E-state index < -0.39 is 6.39 Å². The zero-order valence-corrected chi connectivity index (χ0v) is 18.1. The molecule has 6 heteroatoms. The first-order valence-corrected chi connectivity index (χ1v) is 10.8. The molecule has 1 atom stereocenters. The lowest BCUT2D eigenvalue weighted by Crippen LogP contribution is -2.35. The quantitative estimate of drug-likeness (QED) is 0.494. The Hall–Kier alpha value is -0.910. The van der Waals surface area contributed by atoms with Gasteiger partial charge < -0.3 is 4.90 Å². The Kier molecular flexibility index (Phi) is 5.03. The van der Waals surface area contributed by atoms with Gasteiger partial charge in [-0.2, -0.15) is 0 Å². The molecule has 1 aromatic heterocycles. The van der Waals surface area contributed by atoms with Crippen molar-refractivity contribution in [3.05, 3.63) is 60.7 Å². The molecule has 1 fully saturated rings. The second-order valence-corrected chi connectivity index (χ2v) is 9.26. The Bertz CT molecular complexity index is 900. The molecule has 0 unspecified atom stereocenters. The summed E-state index contributed by atoms with van der Waals surface area (Å²) in [7, 11) is 0. The number of hydrogen-bond donors (Lipinski definition) is 0. The van der Waals surface area contributed by atoms with Crippen molar-refractivity contribution < 1.29 is 6.17 Å². The van der Waals surface area contributed by atoms with Crippen LogP contribution in [0.4, 0.5) is 0 Å². The summed E-state index contributed by atoms with van der Waals surface area (Å²) in [5, 5.41) is 0.745. The van der Waals surface area contributed by atoms with E-state index >= 15 is 0 Å². The Morgan fingerprint density at radius 3 is 2.65 bits per heavy atom. The van der Waals surface area contributed by atoms with Gasteiger partial charge in [-0.25, -0.2) is 0 Å². The Morgan fingerprint density at radius 1 is 1.19 bits per heavy atom. The highest BCUT2D eigenvalue weighted by atomic mass is 79.9. The number of carbonyl (C=O) groups is 1. The van der Waals surface area contributed by atoms with Crippen LogP contribution >= 0.6 is 43.5 Å². The lowest BCUT2D eigenvalue weighted by Gasteiger charge is -2.35. The Morgan fingerprint density at radius 2 is 1.92 bits per heavy atom. The Labute approximate surface area is 176 Å². The summed E-state index contributed by atoms with van der Waals surface area (Å²) < 4.78 is 9.41. The minimum atomic E-state index is -0.579.